The van der Waals surface area contributed by atoms with E-state index in [1.54, 1.807) is 30.3 Å². The van der Waals surface area contributed by atoms with Crippen molar-refractivity contribution in [2.45, 2.75) is 26.6 Å². The number of ether oxygens (including phenoxy) is 2. The second-order valence-electron chi connectivity index (χ2n) is 6.95. The Kier molecular flexibility index (Phi) is 8.50. The predicted molar refractivity (Wildman–Crippen MR) is 125 cm³/mol. The number of rotatable bonds is 10. The van der Waals surface area contributed by atoms with Crippen LogP contribution in [0.5, 0.6) is 11.5 Å². The topological polar surface area (TPSA) is 67.8 Å². The summed E-state index contributed by atoms with van der Waals surface area (Å²) in [6.45, 7) is 3.68. The lowest BCUT2D eigenvalue weighted by atomic mass is 10.1. The molecule has 0 spiro atoms. The summed E-state index contributed by atoms with van der Waals surface area (Å²) in [4.78, 5) is 11.0. The van der Waals surface area contributed by atoms with Crippen LogP contribution in [0.1, 0.15) is 34.0 Å². The highest BCUT2D eigenvalue weighted by Crippen LogP contribution is 2.35. The van der Waals surface area contributed by atoms with Gasteiger partial charge in [0.2, 0.25) is 0 Å². The molecular formula is C24H22BrClFNO4. The minimum atomic E-state index is -0.944. The summed E-state index contributed by atoms with van der Waals surface area (Å²) in [5, 5.41) is 12.6. The first-order chi connectivity index (χ1) is 15.4. The molecule has 0 heterocycles. The zero-order valence-electron chi connectivity index (χ0n) is 17.3. The highest BCUT2D eigenvalue weighted by atomic mass is 79.9. The normalized spacial score (nSPS) is 10.8. The van der Waals surface area contributed by atoms with Crippen LogP contribution in [0.3, 0.4) is 0 Å². The van der Waals surface area contributed by atoms with Gasteiger partial charge in [0, 0.05) is 23.1 Å². The number of carboxylic acid groups (broad SMARTS) is 1. The van der Waals surface area contributed by atoms with E-state index in [0.717, 1.165) is 15.6 Å². The molecule has 32 heavy (non-hydrogen) atoms. The number of nitrogens with one attached hydrogen (secondary N) is 1. The van der Waals surface area contributed by atoms with Crippen LogP contribution in [-0.4, -0.2) is 17.7 Å². The molecule has 0 aromatic heterocycles. The van der Waals surface area contributed by atoms with Crippen molar-refractivity contribution in [2.75, 3.05) is 6.61 Å². The van der Waals surface area contributed by atoms with E-state index in [4.69, 9.17) is 26.2 Å². The second kappa shape index (κ2) is 11.3. The molecule has 0 aliphatic rings. The highest BCUT2D eigenvalue weighted by Gasteiger charge is 2.12. The Morgan fingerprint density at radius 3 is 2.41 bits per heavy atom. The Bertz CT molecular complexity index is 1090. The van der Waals surface area contributed by atoms with Crippen LogP contribution in [0.4, 0.5) is 4.39 Å². The van der Waals surface area contributed by atoms with Crippen molar-refractivity contribution >= 4 is 33.5 Å². The largest absolute Gasteiger partial charge is 0.490 e. The number of hydrogen-bond donors (Lipinski definition) is 2. The summed E-state index contributed by atoms with van der Waals surface area (Å²) >= 11 is 9.67. The van der Waals surface area contributed by atoms with Gasteiger partial charge in [-0.05, 0) is 54.4 Å². The first-order valence-corrected chi connectivity index (χ1v) is 11.1. The van der Waals surface area contributed by atoms with E-state index in [1.165, 1.54) is 12.1 Å². The number of hydrogen-bond acceptors (Lipinski definition) is 4. The Balaban J connectivity index is 1.66. The van der Waals surface area contributed by atoms with Crippen molar-refractivity contribution in [3.8, 4) is 11.5 Å². The van der Waals surface area contributed by atoms with Gasteiger partial charge in [0.25, 0.3) is 0 Å². The van der Waals surface area contributed by atoms with E-state index in [9.17, 15) is 9.18 Å². The molecule has 0 fully saturated rings. The molecule has 5 nitrogen and oxygen atoms in total. The molecule has 0 aliphatic carbocycles. The lowest BCUT2D eigenvalue weighted by molar-refractivity contribution is 0.0697. The molecule has 0 radical (unpaired) electrons. The van der Waals surface area contributed by atoms with E-state index in [-0.39, 0.29) is 12.2 Å². The molecule has 8 heteroatoms. The van der Waals surface area contributed by atoms with E-state index in [0.29, 0.717) is 41.8 Å². The molecule has 168 valence electrons. The Morgan fingerprint density at radius 1 is 1.03 bits per heavy atom. The number of halogens is 3. The molecule has 0 saturated carbocycles. The maximum Gasteiger partial charge on any atom is 0.335 e. The third-order valence-corrected chi connectivity index (χ3v) is 5.75. The van der Waals surface area contributed by atoms with Crippen LogP contribution in [0.2, 0.25) is 5.02 Å². The van der Waals surface area contributed by atoms with Crippen LogP contribution < -0.4 is 14.8 Å². The maximum atomic E-state index is 13.3. The molecular weight excluding hydrogens is 501 g/mol. The van der Waals surface area contributed by atoms with Crippen LogP contribution in [0.25, 0.3) is 0 Å². The van der Waals surface area contributed by atoms with Crippen LogP contribution in [-0.2, 0) is 19.7 Å². The van der Waals surface area contributed by atoms with Crippen molar-refractivity contribution in [3.63, 3.8) is 0 Å². The smallest absolute Gasteiger partial charge is 0.335 e. The Hall–Kier alpha value is -2.61. The van der Waals surface area contributed by atoms with Gasteiger partial charge in [0.1, 0.15) is 12.4 Å². The summed E-state index contributed by atoms with van der Waals surface area (Å²) in [5.41, 5.74) is 2.89. The van der Waals surface area contributed by atoms with Crippen molar-refractivity contribution in [2.24, 2.45) is 0 Å². The van der Waals surface area contributed by atoms with Crippen molar-refractivity contribution < 1.29 is 23.8 Å². The van der Waals surface area contributed by atoms with Crippen molar-refractivity contribution in [3.05, 3.63) is 92.2 Å². The van der Waals surface area contributed by atoms with Gasteiger partial charge >= 0.3 is 5.97 Å². The van der Waals surface area contributed by atoms with Crippen LogP contribution >= 0.6 is 27.5 Å². The van der Waals surface area contributed by atoms with Gasteiger partial charge in [0.05, 0.1) is 17.2 Å². The SMILES string of the molecule is CCOc1cc(CNCc2ccc(C(=O)O)cc2)c(Br)cc1OCc1ccc(F)cc1Cl. The van der Waals surface area contributed by atoms with E-state index in [1.807, 2.05) is 19.1 Å². The molecule has 0 saturated heterocycles. The second-order valence-corrected chi connectivity index (χ2v) is 8.21. The summed E-state index contributed by atoms with van der Waals surface area (Å²) in [5.74, 6) is -0.198. The summed E-state index contributed by atoms with van der Waals surface area (Å²) in [6, 6.07) is 14.7. The van der Waals surface area contributed by atoms with E-state index < -0.39 is 11.8 Å². The van der Waals surface area contributed by atoms with E-state index in [2.05, 4.69) is 21.2 Å². The highest BCUT2D eigenvalue weighted by molar-refractivity contribution is 9.10. The molecule has 3 rings (SSSR count). The predicted octanol–water partition coefficient (Wildman–Crippen LogP) is 6.21. The van der Waals surface area contributed by atoms with Gasteiger partial charge < -0.3 is 19.9 Å². The average Bonchev–Trinajstić information content (AvgIpc) is 2.76. The first kappa shape index (κ1) is 24.0. The molecule has 2 N–H and O–H groups in total. The van der Waals surface area contributed by atoms with Crippen molar-refractivity contribution in [1.82, 2.24) is 5.32 Å². The molecule has 0 bridgehead atoms. The fourth-order valence-corrected chi connectivity index (χ4v) is 3.68. The molecule has 0 aliphatic heterocycles. The molecule has 3 aromatic rings. The minimum Gasteiger partial charge on any atom is -0.490 e. The zero-order chi connectivity index (χ0) is 23.1. The standard InChI is InChI=1S/C24H22BrClFNO4/c1-2-31-22-9-18(13-28-12-15-3-5-16(6-4-15)24(29)30)20(25)11-23(22)32-14-17-7-8-19(27)10-21(17)26/h3-11,28H,2,12-14H2,1H3,(H,29,30). The minimum absolute atomic E-state index is 0.176. The maximum absolute atomic E-state index is 13.3. The summed E-state index contributed by atoms with van der Waals surface area (Å²) in [6.07, 6.45) is 0. The van der Waals surface area contributed by atoms with Gasteiger partial charge in [0.15, 0.2) is 11.5 Å². The lowest BCUT2D eigenvalue weighted by Gasteiger charge is -2.16. The molecule has 0 amide bonds. The summed E-state index contributed by atoms with van der Waals surface area (Å²) in [7, 11) is 0. The molecule has 0 unspecified atom stereocenters. The number of aromatic carboxylic acids is 1. The Labute approximate surface area is 199 Å². The fourth-order valence-electron chi connectivity index (χ4n) is 2.99. The Morgan fingerprint density at radius 2 is 1.75 bits per heavy atom. The van der Waals surface area contributed by atoms with Crippen LogP contribution in [0, 0.1) is 5.82 Å². The number of benzene rings is 3. The monoisotopic (exact) mass is 521 g/mol. The lowest BCUT2D eigenvalue weighted by Crippen LogP contribution is -2.13. The third kappa shape index (κ3) is 6.45. The number of carboxylic acids is 1. The summed E-state index contributed by atoms with van der Waals surface area (Å²) < 4.78 is 25.7. The van der Waals surface area contributed by atoms with Crippen molar-refractivity contribution in [1.29, 1.82) is 0 Å². The molecule has 0 atom stereocenters. The quantitative estimate of drug-likeness (QED) is 0.331. The average molecular weight is 523 g/mol. The van der Waals surface area contributed by atoms with Gasteiger partial charge in [-0.3, -0.25) is 0 Å². The fraction of sp³-hybridized carbons (Fsp3) is 0.208. The van der Waals surface area contributed by atoms with Gasteiger partial charge in [-0.25, -0.2) is 9.18 Å². The van der Waals surface area contributed by atoms with Crippen LogP contribution in [0.15, 0.2) is 59.1 Å². The van der Waals surface area contributed by atoms with Gasteiger partial charge in [-0.1, -0.05) is 45.7 Å². The number of carbonyl (C=O) groups is 1. The zero-order valence-corrected chi connectivity index (χ0v) is 19.7. The van der Waals surface area contributed by atoms with E-state index >= 15 is 0 Å². The third-order valence-electron chi connectivity index (χ3n) is 4.66. The first-order valence-electron chi connectivity index (χ1n) is 9.92. The van der Waals surface area contributed by atoms with Gasteiger partial charge in [-0.2, -0.15) is 0 Å². The van der Waals surface area contributed by atoms with Gasteiger partial charge in [-0.15, -0.1) is 0 Å². The molecule has 3 aromatic carbocycles.